The summed E-state index contributed by atoms with van der Waals surface area (Å²) in [7, 11) is 6.47. The molecule has 0 aromatic heterocycles. The number of quaternary nitrogens is 1. The predicted octanol–water partition coefficient (Wildman–Crippen LogP) is 4.83. The van der Waals surface area contributed by atoms with Gasteiger partial charge in [-0.15, -0.1) is 0 Å². The zero-order valence-corrected chi connectivity index (χ0v) is 19.7. The van der Waals surface area contributed by atoms with E-state index >= 15 is 0 Å². The van der Waals surface area contributed by atoms with Crippen LogP contribution in [-0.2, 0) is 0 Å². The van der Waals surface area contributed by atoms with E-state index in [9.17, 15) is 0 Å². The Hall–Kier alpha value is -3.13. The highest BCUT2D eigenvalue weighted by molar-refractivity contribution is 5.54. The molecule has 0 radical (unpaired) electrons. The molecule has 3 aromatic rings. The molecule has 0 aliphatic carbocycles. The van der Waals surface area contributed by atoms with Crippen LogP contribution in [0.5, 0.6) is 0 Å². The molecule has 0 bridgehead atoms. The second-order valence-electron chi connectivity index (χ2n) is 7.50. The SMILES string of the molecule is C=Cc1ccc(C=C)cc1.C=Cc1ccc([N+](C)(C)C)cc1.C=Cc1ccccc1.[Cl-]. The van der Waals surface area contributed by atoms with Crippen LogP contribution in [0, 0.1) is 0 Å². The zero-order valence-electron chi connectivity index (χ0n) is 19.0. The maximum atomic E-state index is 3.72. The Morgan fingerprint density at radius 2 is 0.774 bits per heavy atom. The number of hydrogen-bond acceptors (Lipinski definition) is 0. The summed E-state index contributed by atoms with van der Waals surface area (Å²) in [5.74, 6) is 0. The number of halogens is 1. The Bertz CT molecular complexity index is 888. The second-order valence-corrected chi connectivity index (χ2v) is 7.50. The van der Waals surface area contributed by atoms with E-state index in [0.29, 0.717) is 0 Å². The lowest BCUT2D eigenvalue weighted by Crippen LogP contribution is -3.00. The highest BCUT2D eigenvalue weighted by Gasteiger charge is 2.10. The van der Waals surface area contributed by atoms with Crippen LogP contribution in [0.2, 0.25) is 0 Å². The molecule has 0 aliphatic rings. The Morgan fingerprint density at radius 1 is 0.484 bits per heavy atom. The van der Waals surface area contributed by atoms with Crippen LogP contribution in [-0.4, -0.2) is 21.1 Å². The molecular formula is C29H34ClN. The molecule has 0 saturated heterocycles. The lowest BCUT2D eigenvalue weighted by Gasteiger charge is -2.23. The molecule has 0 aliphatic heterocycles. The molecule has 1 nitrogen and oxygen atoms in total. The Morgan fingerprint density at radius 3 is 1.03 bits per heavy atom. The number of hydrogen-bond donors (Lipinski definition) is 0. The van der Waals surface area contributed by atoms with Crippen LogP contribution in [0.4, 0.5) is 5.69 Å². The molecule has 31 heavy (non-hydrogen) atoms. The first-order valence-electron chi connectivity index (χ1n) is 9.91. The van der Waals surface area contributed by atoms with Gasteiger partial charge in [-0.05, 0) is 46.5 Å². The van der Waals surface area contributed by atoms with Crippen molar-refractivity contribution in [3.05, 3.63) is 127 Å². The molecule has 0 spiro atoms. The van der Waals surface area contributed by atoms with Gasteiger partial charge in [0.1, 0.15) is 5.69 Å². The van der Waals surface area contributed by atoms with Crippen LogP contribution < -0.4 is 16.9 Å². The van der Waals surface area contributed by atoms with Gasteiger partial charge in [0, 0.05) is 0 Å². The highest BCUT2D eigenvalue weighted by atomic mass is 35.5. The third-order valence-corrected chi connectivity index (χ3v) is 4.35. The summed E-state index contributed by atoms with van der Waals surface area (Å²) in [5, 5.41) is 0. The molecule has 0 unspecified atom stereocenters. The molecule has 2 heteroatoms. The van der Waals surface area contributed by atoms with Gasteiger partial charge in [-0.1, -0.05) is 105 Å². The van der Waals surface area contributed by atoms with Crippen LogP contribution in [0.3, 0.4) is 0 Å². The molecule has 0 atom stereocenters. The minimum absolute atomic E-state index is 0. The molecular weight excluding hydrogens is 398 g/mol. The zero-order chi connectivity index (χ0) is 22.4. The van der Waals surface area contributed by atoms with Crippen molar-refractivity contribution in [3.8, 4) is 0 Å². The van der Waals surface area contributed by atoms with E-state index in [-0.39, 0.29) is 12.4 Å². The molecule has 0 saturated carbocycles. The van der Waals surface area contributed by atoms with Crippen molar-refractivity contribution in [2.75, 3.05) is 21.1 Å². The third kappa shape index (κ3) is 11.0. The lowest BCUT2D eigenvalue weighted by atomic mass is 10.1. The van der Waals surface area contributed by atoms with E-state index in [4.69, 9.17) is 0 Å². The van der Waals surface area contributed by atoms with Gasteiger partial charge in [0.25, 0.3) is 0 Å². The Kier molecular flexibility index (Phi) is 13.3. The van der Waals surface area contributed by atoms with Crippen LogP contribution in [0.25, 0.3) is 24.3 Å². The Labute approximate surface area is 195 Å². The van der Waals surface area contributed by atoms with E-state index in [1.165, 1.54) is 16.8 Å². The lowest BCUT2D eigenvalue weighted by molar-refractivity contribution is -0.00000622. The summed E-state index contributed by atoms with van der Waals surface area (Å²) in [5.41, 5.74) is 5.94. The van der Waals surface area contributed by atoms with E-state index < -0.39 is 0 Å². The van der Waals surface area contributed by atoms with Gasteiger partial charge in [-0.2, -0.15) is 0 Å². The largest absolute Gasteiger partial charge is 1.00 e. The van der Waals surface area contributed by atoms with Crippen molar-refractivity contribution < 1.29 is 12.4 Å². The fourth-order valence-electron chi connectivity index (χ4n) is 2.41. The van der Waals surface area contributed by atoms with E-state index in [0.717, 1.165) is 15.6 Å². The number of rotatable bonds is 5. The van der Waals surface area contributed by atoms with Crippen molar-refractivity contribution in [1.29, 1.82) is 0 Å². The first-order valence-corrected chi connectivity index (χ1v) is 9.91. The quantitative estimate of drug-likeness (QED) is 0.507. The standard InChI is InChI=1S/C11H16N.C10H10.C8H8.ClH/c1-5-10-6-8-11(9-7-10)12(2,3)4;1-3-9-5-7-10(4-2)8-6-9;1-2-8-6-4-3-5-7-8;/h5-9H,1H2,2-4H3;3-8H,1-2H2;2-7H,1H2;1H/q+1;;;/p-1. The minimum Gasteiger partial charge on any atom is -1.00 e. The minimum atomic E-state index is 0. The van der Waals surface area contributed by atoms with Crippen molar-refractivity contribution >= 4 is 30.0 Å². The summed E-state index contributed by atoms with van der Waals surface area (Å²) < 4.78 is 0.859. The first-order chi connectivity index (χ1) is 14.3. The molecule has 0 heterocycles. The predicted molar refractivity (Wildman–Crippen MR) is 139 cm³/mol. The first kappa shape index (κ1) is 27.9. The van der Waals surface area contributed by atoms with E-state index in [1.54, 1.807) is 0 Å². The normalized spacial score (nSPS) is 9.39. The van der Waals surface area contributed by atoms with Gasteiger partial charge >= 0.3 is 0 Å². The summed E-state index contributed by atoms with van der Waals surface area (Å²) in [6.45, 7) is 14.7. The monoisotopic (exact) mass is 431 g/mol. The van der Waals surface area contributed by atoms with E-state index in [1.807, 2.05) is 78.9 Å². The maximum Gasteiger partial charge on any atom is 0.132 e. The molecule has 3 rings (SSSR count). The molecule has 0 fully saturated rings. The third-order valence-electron chi connectivity index (χ3n) is 4.35. The highest BCUT2D eigenvalue weighted by Crippen LogP contribution is 2.17. The molecule has 0 N–H and O–H groups in total. The summed E-state index contributed by atoms with van der Waals surface area (Å²) >= 11 is 0. The van der Waals surface area contributed by atoms with Crippen LogP contribution >= 0.6 is 0 Å². The van der Waals surface area contributed by atoms with Crippen LogP contribution in [0.15, 0.2) is 105 Å². The summed E-state index contributed by atoms with van der Waals surface area (Å²) in [6, 6.07) is 26.6. The van der Waals surface area contributed by atoms with Gasteiger partial charge in [-0.3, -0.25) is 4.48 Å². The fourth-order valence-corrected chi connectivity index (χ4v) is 2.41. The summed E-state index contributed by atoms with van der Waals surface area (Å²) in [6.07, 6.45) is 7.35. The van der Waals surface area contributed by atoms with Crippen molar-refractivity contribution in [2.24, 2.45) is 0 Å². The second kappa shape index (κ2) is 14.8. The van der Waals surface area contributed by atoms with Gasteiger partial charge in [0.2, 0.25) is 0 Å². The average Bonchev–Trinajstić information content (AvgIpc) is 2.80. The van der Waals surface area contributed by atoms with Crippen molar-refractivity contribution in [3.63, 3.8) is 0 Å². The van der Waals surface area contributed by atoms with E-state index in [2.05, 4.69) is 71.7 Å². The Balaban J connectivity index is 0.000000437. The fraction of sp³-hybridized carbons (Fsp3) is 0.103. The summed E-state index contributed by atoms with van der Waals surface area (Å²) in [4.78, 5) is 0. The molecule has 162 valence electrons. The van der Waals surface area contributed by atoms with Gasteiger partial charge in [0.15, 0.2) is 0 Å². The smallest absolute Gasteiger partial charge is 0.132 e. The van der Waals surface area contributed by atoms with Crippen molar-refractivity contribution in [1.82, 2.24) is 4.48 Å². The average molecular weight is 432 g/mol. The van der Waals surface area contributed by atoms with Crippen molar-refractivity contribution in [2.45, 2.75) is 0 Å². The molecule has 3 aromatic carbocycles. The van der Waals surface area contributed by atoms with Gasteiger partial charge < -0.3 is 12.4 Å². The topological polar surface area (TPSA) is 0 Å². The van der Waals surface area contributed by atoms with Crippen LogP contribution in [0.1, 0.15) is 22.3 Å². The van der Waals surface area contributed by atoms with Gasteiger partial charge in [0.05, 0.1) is 21.1 Å². The molecule has 0 amide bonds. The van der Waals surface area contributed by atoms with Gasteiger partial charge in [-0.25, -0.2) is 0 Å². The number of nitrogens with zero attached hydrogens (tertiary/aromatic N) is 1. The number of benzene rings is 3. The maximum absolute atomic E-state index is 3.72.